The number of benzene rings is 3. The molecule has 0 spiro atoms. The second kappa shape index (κ2) is 11.6. The van der Waals surface area contributed by atoms with Crippen LogP contribution in [0.3, 0.4) is 0 Å². The third-order valence-electron chi connectivity index (χ3n) is 7.35. The van der Waals surface area contributed by atoms with Crippen LogP contribution in [-0.2, 0) is 0 Å². The Bertz CT molecular complexity index is 1520. The van der Waals surface area contributed by atoms with Crippen LogP contribution in [0.5, 0.6) is 17.2 Å². The SMILES string of the molecule is COc1cccc(-c2cc(C(=O)N3CCN(C(=O)c4ccc(OC)cc4OC)CC3)c(C)n2-c2ccccc2)c1. The molecular formula is C32H33N3O5. The number of piperazine rings is 1. The monoisotopic (exact) mass is 539 g/mol. The van der Waals surface area contributed by atoms with Crippen LogP contribution in [0, 0.1) is 6.92 Å². The van der Waals surface area contributed by atoms with Crippen LogP contribution >= 0.6 is 0 Å². The van der Waals surface area contributed by atoms with Crippen molar-refractivity contribution in [3.63, 3.8) is 0 Å². The molecule has 3 aromatic carbocycles. The van der Waals surface area contributed by atoms with Gasteiger partial charge in [0.1, 0.15) is 17.2 Å². The Morgan fingerprint density at radius 3 is 1.90 bits per heavy atom. The maximum Gasteiger partial charge on any atom is 0.257 e. The average Bonchev–Trinajstić information content (AvgIpc) is 3.37. The molecule has 8 heteroatoms. The molecule has 1 aliphatic heterocycles. The first-order valence-electron chi connectivity index (χ1n) is 13.2. The van der Waals surface area contributed by atoms with Crippen LogP contribution < -0.4 is 14.2 Å². The summed E-state index contributed by atoms with van der Waals surface area (Å²) in [5.41, 5.74) is 4.80. The molecule has 0 unspecified atom stereocenters. The first kappa shape index (κ1) is 26.9. The first-order valence-corrected chi connectivity index (χ1v) is 13.2. The molecule has 0 aliphatic carbocycles. The predicted octanol–water partition coefficient (Wildman–Crippen LogP) is 5.08. The van der Waals surface area contributed by atoms with Crippen LogP contribution in [0.15, 0.2) is 78.9 Å². The number of hydrogen-bond donors (Lipinski definition) is 0. The molecule has 2 heterocycles. The highest BCUT2D eigenvalue weighted by Gasteiger charge is 2.29. The molecule has 8 nitrogen and oxygen atoms in total. The van der Waals surface area contributed by atoms with Gasteiger partial charge in [0.2, 0.25) is 0 Å². The molecule has 1 saturated heterocycles. The smallest absolute Gasteiger partial charge is 0.257 e. The van der Waals surface area contributed by atoms with Gasteiger partial charge in [-0.15, -0.1) is 0 Å². The summed E-state index contributed by atoms with van der Waals surface area (Å²) in [5.74, 6) is 1.66. The van der Waals surface area contributed by atoms with E-state index in [9.17, 15) is 9.59 Å². The lowest BCUT2D eigenvalue weighted by molar-refractivity contribution is 0.0533. The van der Waals surface area contributed by atoms with Gasteiger partial charge in [-0.1, -0.05) is 30.3 Å². The van der Waals surface area contributed by atoms with Gasteiger partial charge in [0.15, 0.2) is 0 Å². The van der Waals surface area contributed by atoms with E-state index in [1.165, 1.54) is 7.11 Å². The normalized spacial score (nSPS) is 13.2. The predicted molar refractivity (Wildman–Crippen MR) is 154 cm³/mol. The molecule has 5 rings (SSSR count). The van der Waals surface area contributed by atoms with E-state index >= 15 is 0 Å². The van der Waals surface area contributed by atoms with Crippen LogP contribution in [0.1, 0.15) is 26.4 Å². The van der Waals surface area contributed by atoms with Crippen molar-refractivity contribution in [3.05, 3.63) is 95.7 Å². The molecule has 0 saturated carbocycles. The Balaban J connectivity index is 1.39. The molecule has 1 aromatic heterocycles. The molecular weight excluding hydrogens is 506 g/mol. The van der Waals surface area contributed by atoms with Crippen LogP contribution in [-0.4, -0.2) is 73.7 Å². The van der Waals surface area contributed by atoms with Crippen LogP contribution in [0.4, 0.5) is 0 Å². The number of ether oxygens (including phenoxy) is 3. The van der Waals surface area contributed by atoms with E-state index in [4.69, 9.17) is 14.2 Å². The van der Waals surface area contributed by atoms with Crippen molar-refractivity contribution in [2.45, 2.75) is 6.92 Å². The highest BCUT2D eigenvalue weighted by atomic mass is 16.5. The Labute approximate surface area is 234 Å². The third-order valence-corrected chi connectivity index (χ3v) is 7.35. The lowest BCUT2D eigenvalue weighted by atomic mass is 10.1. The van der Waals surface area contributed by atoms with Gasteiger partial charge in [-0.05, 0) is 49.4 Å². The van der Waals surface area contributed by atoms with Crippen molar-refractivity contribution in [2.24, 2.45) is 0 Å². The Morgan fingerprint density at radius 2 is 1.27 bits per heavy atom. The average molecular weight is 540 g/mol. The number of aromatic nitrogens is 1. The van der Waals surface area contributed by atoms with Gasteiger partial charge in [0.05, 0.1) is 38.2 Å². The number of hydrogen-bond acceptors (Lipinski definition) is 5. The van der Waals surface area contributed by atoms with E-state index in [1.54, 1.807) is 37.3 Å². The summed E-state index contributed by atoms with van der Waals surface area (Å²) in [5, 5.41) is 0. The van der Waals surface area contributed by atoms with E-state index in [0.717, 1.165) is 28.4 Å². The van der Waals surface area contributed by atoms with Gasteiger partial charge >= 0.3 is 0 Å². The molecule has 4 aromatic rings. The van der Waals surface area contributed by atoms with Crippen molar-refractivity contribution < 1.29 is 23.8 Å². The lowest BCUT2D eigenvalue weighted by Crippen LogP contribution is -2.50. The maximum atomic E-state index is 13.8. The van der Waals surface area contributed by atoms with Crippen molar-refractivity contribution in [1.29, 1.82) is 0 Å². The number of carbonyl (C=O) groups excluding carboxylic acids is 2. The van der Waals surface area contributed by atoms with E-state index < -0.39 is 0 Å². The standard InChI is InChI=1S/C32H33N3O5/c1-22-28(21-29(23-9-8-12-25(19-23)38-2)35(22)24-10-6-5-7-11-24)32(37)34-17-15-33(16-18-34)31(36)27-14-13-26(39-3)20-30(27)40-4/h5-14,19-21H,15-18H2,1-4H3. The van der Waals surface area contributed by atoms with Gasteiger partial charge in [0.25, 0.3) is 11.8 Å². The zero-order valence-electron chi connectivity index (χ0n) is 23.2. The molecule has 0 bridgehead atoms. The van der Waals surface area contributed by atoms with Crippen molar-refractivity contribution in [3.8, 4) is 34.2 Å². The summed E-state index contributed by atoms with van der Waals surface area (Å²) in [4.78, 5) is 30.7. The molecule has 2 amide bonds. The van der Waals surface area contributed by atoms with Gasteiger partial charge in [-0.25, -0.2) is 0 Å². The van der Waals surface area contributed by atoms with Crippen molar-refractivity contribution >= 4 is 11.8 Å². The number of nitrogens with zero attached hydrogens (tertiary/aromatic N) is 3. The second-order valence-corrected chi connectivity index (χ2v) is 9.58. The topological polar surface area (TPSA) is 73.2 Å². The van der Waals surface area contributed by atoms with Crippen LogP contribution in [0.2, 0.25) is 0 Å². The summed E-state index contributed by atoms with van der Waals surface area (Å²) in [7, 11) is 4.75. The molecule has 0 N–H and O–H groups in total. The van der Waals surface area contributed by atoms with Crippen molar-refractivity contribution in [2.75, 3.05) is 47.5 Å². The fraction of sp³-hybridized carbons (Fsp3) is 0.250. The van der Waals surface area contributed by atoms with Gasteiger partial charge in [-0.2, -0.15) is 0 Å². The summed E-state index contributed by atoms with van der Waals surface area (Å²) in [6.07, 6.45) is 0. The maximum absolute atomic E-state index is 13.8. The molecule has 40 heavy (non-hydrogen) atoms. The first-order chi connectivity index (χ1) is 19.4. The van der Waals surface area contributed by atoms with Gasteiger partial charge in [0, 0.05) is 49.2 Å². The largest absolute Gasteiger partial charge is 0.497 e. The van der Waals surface area contributed by atoms with Crippen LogP contribution in [0.25, 0.3) is 16.9 Å². The number of rotatable bonds is 7. The van der Waals surface area contributed by atoms with E-state index in [1.807, 2.05) is 72.5 Å². The molecule has 1 aliphatic rings. The Hall–Kier alpha value is -4.72. The minimum Gasteiger partial charge on any atom is -0.497 e. The van der Waals surface area contributed by atoms with Crippen molar-refractivity contribution in [1.82, 2.24) is 14.4 Å². The zero-order chi connectivity index (χ0) is 28.2. The minimum atomic E-state index is -0.127. The fourth-order valence-electron chi connectivity index (χ4n) is 5.16. The minimum absolute atomic E-state index is 0.0505. The molecule has 1 fully saturated rings. The number of amides is 2. The Kier molecular flexibility index (Phi) is 7.77. The summed E-state index contributed by atoms with van der Waals surface area (Å²) in [6, 6.07) is 25.0. The Morgan fingerprint density at radius 1 is 0.650 bits per heavy atom. The summed E-state index contributed by atoms with van der Waals surface area (Å²) in [6.45, 7) is 3.71. The highest BCUT2D eigenvalue weighted by molar-refractivity contribution is 5.99. The van der Waals surface area contributed by atoms with Gasteiger partial charge < -0.3 is 28.6 Å². The highest BCUT2D eigenvalue weighted by Crippen LogP contribution is 2.32. The molecule has 0 atom stereocenters. The zero-order valence-corrected chi connectivity index (χ0v) is 23.2. The quantitative estimate of drug-likeness (QED) is 0.328. The number of carbonyl (C=O) groups is 2. The van der Waals surface area contributed by atoms with E-state index in [2.05, 4.69) is 4.57 Å². The van der Waals surface area contributed by atoms with E-state index in [0.29, 0.717) is 48.8 Å². The third kappa shape index (κ3) is 5.12. The summed E-state index contributed by atoms with van der Waals surface area (Å²) >= 11 is 0. The number of methoxy groups -OCH3 is 3. The fourth-order valence-corrected chi connectivity index (χ4v) is 5.16. The summed E-state index contributed by atoms with van der Waals surface area (Å²) < 4.78 is 18.2. The molecule has 0 radical (unpaired) electrons. The van der Waals surface area contributed by atoms with Gasteiger partial charge in [-0.3, -0.25) is 9.59 Å². The molecule has 206 valence electrons. The lowest BCUT2D eigenvalue weighted by Gasteiger charge is -2.35. The number of para-hydroxylation sites is 1. The second-order valence-electron chi connectivity index (χ2n) is 9.58. The van der Waals surface area contributed by atoms with E-state index in [-0.39, 0.29) is 11.8 Å².